The molecule has 3 nitrogen and oxygen atoms in total. The largest absolute Gasteiger partial charge is 0.480 e. The van der Waals surface area contributed by atoms with Gasteiger partial charge in [-0.2, -0.15) is 0 Å². The van der Waals surface area contributed by atoms with Crippen LogP contribution in [0.1, 0.15) is 25.8 Å². The molecule has 1 aromatic carbocycles. The molecule has 0 aliphatic carbocycles. The highest BCUT2D eigenvalue weighted by atomic mass is 35.5. The van der Waals surface area contributed by atoms with E-state index < -0.39 is 12.0 Å². The van der Waals surface area contributed by atoms with E-state index in [2.05, 4.69) is 5.32 Å². The zero-order valence-electron chi connectivity index (χ0n) is 10.1. The minimum atomic E-state index is -0.805. The lowest BCUT2D eigenvalue weighted by Crippen LogP contribution is -2.37. The van der Waals surface area contributed by atoms with Crippen LogP contribution in [0.5, 0.6) is 0 Å². The standard InChI is InChI=1S/C13H18ClNO2/c1-9(2)6-12(13(16)17)15-8-10-4-3-5-11(14)7-10/h3-5,7,9,12,15H,6,8H2,1-2H3,(H,16,17)/t12-/m1/s1. The second kappa shape index (κ2) is 6.62. The number of hydrogen-bond acceptors (Lipinski definition) is 2. The molecule has 0 unspecified atom stereocenters. The van der Waals surface area contributed by atoms with Crippen LogP contribution in [0.3, 0.4) is 0 Å². The maximum atomic E-state index is 11.0. The van der Waals surface area contributed by atoms with Crippen LogP contribution >= 0.6 is 11.6 Å². The number of hydrogen-bond donors (Lipinski definition) is 2. The molecule has 0 amide bonds. The quantitative estimate of drug-likeness (QED) is 0.822. The molecule has 1 atom stereocenters. The number of carboxylic acid groups (broad SMARTS) is 1. The van der Waals surface area contributed by atoms with Crippen molar-refractivity contribution >= 4 is 17.6 Å². The molecular weight excluding hydrogens is 238 g/mol. The van der Waals surface area contributed by atoms with Crippen LogP contribution in [0, 0.1) is 5.92 Å². The number of carboxylic acids is 1. The van der Waals surface area contributed by atoms with E-state index in [1.54, 1.807) is 6.07 Å². The molecule has 0 saturated heterocycles. The summed E-state index contributed by atoms with van der Waals surface area (Å²) < 4.78 is 0. The second-order valence-electron chi connectivity index (χ2n) is 4.53. The van der Waals surface area contributed by atoms with E-state index in [1.165, 1.54) is 0 Å². The van der Waals surface area contributed by atoms with E-state index in [4.69, 9.17) is 16.7 Å². The van der Waals surface area contributed by atoms with Gasteiger partial charge in [-0.25, -0.2) is 0 Å². The summed E-state index contributed by atoms with van der Waals surface area (Å²) in [5.41, 5.74) is 0.993. The molecule has 0 aliphatic rings. The minimum Gasteiger partial charge on any atom is -0.480 e. The van der Waals surface area contributed by atoms with Gasteiger partial charge in [-0.05, 0) is 30.0 Å². The van der Waals surface area contributed by atoms with Gasteiger partial charge in [0.05, 0.1) is 0 Å². The van der Waals surface area contributed by atoms with Crippen LogP contribution in [-0.4, -0.2) is 17.1 Å². The molecule has 0 spiro atoms. The Hall–Kier alpha value is -1.06. The van der Waals surface area contributed by atoms with Crippen LogP contribution in [0.25, 0.3) is 0 Å². The second-order valence-corrected chi connectivity index (χ2v) is 4.97. The van der Waals surface area contributed by atoms with Crippen molar-refractivity contribution in [3.63, 3.8) is 0 Å². The number of carbonyl (C=O) groups is 1. The maximum Gasteiger partial charge on any atom is 0.320 e. The van der Waals surface area contributed by atoms with E-state index in [1.807, 2.05) is 32.0 Å². The van der Waals surface area contributed by atoms with Gasteiger partial charge in [0, 0.05) is 11.6 Å². The molecular formula is C13H18ClNO2. The Morgan fingerprint density at radius 1 is 1.47 bits per heavy atom. The van der Waals surface area contributed by atoms with Gasteiger partial charge in [-0.15, -0.1) is 0 Å². The molecule has 0 bridgehead atoms. The number of halogens is 1. The van der Waals surface area contributed by atoms with Crippen LogP contribution in [0.15, 0.2) is 24.3 Å². The first-order chi connectivity index (χ1) is 7.99. The average molecular weight is 256 g/mol. The zero-order valence-corrected chi connectivity index (χ0v) is 10.9. The van der Waals surface area contributed by atoms with E-state index in [0.717, 1.165) is 5.56 Å². The average Bonchev–Trinajstić information content (AvgIpc) is 2.23. The maximum absolute atomic E-state index is 11.0. The molecule has 17 heavy (non-hydrogen) atoms. The Balaban J connectivity index is 2.54. The molecule has 0 aromatic heterocycles. The summed E-state index contributed by atoms with van der Waals surface area (Å²) in [6.45, 7) is 4.54. The SMILES string of the molecule is CC(C)C[C@@H](NCc1cccc(Cl)c1)C(=O)O. The first kappa shape index (κ1) is 14.0. The van der Waals surface area contributed by atoms with Crippen LogP contribution in [0.2, 0.25) is 5.02 Å². The molecule has 0 saturated carbocycles. The van der Waals surface area contributed by atoms with Gasteiger partial charge in [0.15, 0.2) is 0 Å². The Bertz CT molecular complexity index is 379. The Morgan fingerprint density at radius 2 is 2.18 bits per heavy atom. The van der Waals surface area contributed by atoms with Crippen molar-refractivity contribution in [3.8, 4) is 0 Å². The number of benzene rings is 1. The van der Waals surface area contributed by atoms with E-state index in [-0.39, 0.29) is 0 Å². The van der Waals surface area contributed by atoms with Gasteiger partial charge < -0.3 is 10.4 Å². The monoisotopic (exact) mass is 255 g/mol. The third-order valence-corrected chi connectivity index (χ3v) is 2.68. The van der Waals surface area contributed by atoms with E-state index in [9.17, 15) is 4.79 Å². The normalized spacial score (nSPS) is 12.7. The first-order valence-corrected chi connectivity index (χ1v) is 6.07. The first-order valence-electron chi connectivity index (χ1n) is 5.69. The molecule has 1 aromatic rings. The molecule has 0 fully saturated rings. The number of aliphatic carboxylic acids is 1. The Kier molecular flexibility index (Phi) is 5.45. The minimum absolute atomic E-state index is 0.350. The van der Waals surface area contributed by atoms with Gasteiger partial charge in [0.1, 0.15) is 6.04 Å². The summed E-state index contributed by atoms with van der Waals surface area (Å²) in [6, 6.07) is 6.91. The van der Waals surface area contributed by atoms with Crippen molar-refractivity contribution in [1.29, 1.82) is 0 Å². The lowest BCUT2D eigenvalue weighted by atomic mass is 10.0. The van der Waals surface area contributed by atoms with E-state index >= 15 is 0 Å². The summed E-state index contributed by atoms with van der Waals surface area (Å²) in [5.74, 6) is -0.455. The highest BCUT2D eigenvalue weighted by Crippen LogP contribution is 2.11. The van der Waals surface area contributed by atoms with Gasteiger partial charge in [-0.1, -0.05) is 37.6 Å². The van der Waals surface area contributed by atoms with Crippen LogP contribution in [0.4, 0.5) is 0 Å². The van der Waals surface area contributed by atoms with Crippen molar-refractivity contribution in [2.24, 2.45) is 5.92 Å². The Labute approximate surface area is 107 Å². The van der Waals surface area contributed by atoms with Gasteiger partial charge in [-0.3, -0.25) is 4.79 Å². The lowest BCUT2D eigenvalue weighted by molar-refractivity contribution is -0.140. The molecule has 2 N–H and O–H groups in total. The van der Waals surface area contributed by atoms with Crippen molar-refractivity contribution < 1.29 is 9.90 Å². The van der Waals surface area contributed by atoms with E-state index in [0.29, 0.717) is 23.9 Å². The van der Waals surface area contributed by atoms with Crippen molar-refractivity contribution in [1.82, 2.24) is 5.32 Å². The lowest BCUT2D eigenvalue weighted by Gasteiger charge is -2.16. The summed E-state index contributed by atoms with van der Waals surface area (Å²) in [5, 5.41) is 12.8. The number of rotatable bonds is 6. The highest BCUT2D eigenvalue weighted by Gasteiger charge is 2.17. The Morgan fingerprint density at radius 3 is 2.71 bits per heavy atom. The third-order valence-electron chi connectivity index (χ3n) is 2.45. The van der Waals surface area contributed by atoms with Crippen molar-refractivity contribution in [2.75, 3.05) is 0 Å². The predicted octanol–water partition coefficient (Wildman–Crippen LogP) is 2.93. The zero-order chi connectivity index (χ0) is 12.8. The van der Waals surface area contributed by atoms with Crippen molar-refractivity contribution in [3.05, 3.63) is 34.9 Å². The summed E-state index contributed by atoms with van der Waals surface area (Å²) in [7, 11) is 0. The third kappa shape index (κ3) is 5.20. The smallest absolute Gasteiger partial charge is 0.320 e. The highest BCUT2D eigenvalue weighted by molar-refractivity contribution is 6.30. The number of nitrogens with one attached hydrogen (secondary N) is 1. The van der Waals surface area contributed by atoms with Gasteiger partial charge >= 0.3 is 5.97 Å². The fourth-order valence-electron chi connectivity index (χ4n) is 1.63. The van der Waals surface area contributed by atoms with Gasteiger partial charge in [0.25, 0.3) is 0 Å². The summed E-state index contributed by atoms with van der Waals surface area (Å²) >= 11 is 5.86. The predicted molar refractivity (Wildman–Crippen MR) is 69.2 cm³/mol. The molecule has 94 valence electrons. The summed E-state index contributed by atoms with van der Waals surface area (Å²) in [6.07, 6.45) is 0.621. The fourth-order valence-corrected chi connectivity index (χ4v) is 1.84. The molecule has 0 radical (unpaired) electrons. The topological polar surface area (TPSA) is 49.3 Å². The molecule has 0 aliphatic heterocycles. The van der Waals surface area contributed by atoms with Crippen LogP contribution < -0.4 is 5.32 Å². The molecule has 1 rings (SSSR count). The molecule has 4 heteroatoms. The van der Waals surface area contributed by atoms with Crippen molar-refractivity contribution in [2.45, 2.75) is 32.9 Å². The van der Waals surface area contributed by atoms with Gasteiger partial charge in [0.2, 0.25) is 0 Å². The fraction of sp³-hybridized carbons (Fsp3) is 0.462. The molecule has 0 heterocycles. The van der Waals surface area contributed by atoms with Crippen LogP contribution in [-0.2, 0) is 11.3 Å². The summed E-state index contributed by atoms with van der Waals surface area (Å²) in [4.78, 5) is 11.0.